The number of likely N-dealkylation sites (tertiary alicyclic amines) is 1. The second kappa shape index (κ2) is 6.99. The summed E-state index contributed by atoms with van der Waals surface area (Å²) in [6.07, 6.45) is 6.92. The molecule has 3 heteroatoms. The van der Waals surface area contributed by atoms with Crippen LogP contribution in [0.5, 0.6) is 0 Å². The van der Waals surface area contributed by atoms with Crippen LogP contribution in [0.3, 0.4) is 0 Å². The molecule has 15 heavy (non-hydrogen) atoms. The first kappa shape index (κ1) is 12.7. The van der Waals surface area contributed by atoms with Gasteiger partial charge in [0.05, 0.1) is 0 Å². The highest BCUT2D eigenvalue weighted by Gasteiger charge is 2.18. The molecule has 1 fully saturated rings. The highest BCUT2D eigenvalue weighted by molar-refractivity contribution is 4.87. The average molecular weight is 211 g/mol. The summed E-state index contributed by atoms with van der Waals surface area (Å²) >= 11 is 0. The van der Waals surface area contributed by atoms with Gasteiger partial charge >= 0.3 is 0 Å². The lowest BCUT2D eigenvalue weighted by Gasteiger charge is -2.32. The van der Waals surface area contributed by atoms with Gasteiger partial charge in [0.15, 0.2) is 0 Å². The van der Waals surface area contributed by atoms with Crippen LogP contribution in [0.15, 0.2) is 12.2 Å². The predicted octanol–water partition coefficient (Wildman–Crippen LogP) is 0.775. The molecule has 0 aliphatic carbocycles. The zero-order valence-corrected chi connectivity index (χ0v) is 10.2. The van der Waals surface area contributed by atoms with Gasteiger partial charge in [-0.2, -0.15) is 0 Å². The van der Waals surface area contributed by atoms with E-state index >= 15 is 0 Å². The number of rotatable bonds is 5. The number of hydrogen-bond donors (Lipinski definition) is 1. The van der Waals surface area contributed by atoms with E-state index in [1.54, 1.807) is 0 Å². The molecule has 0 aromatic carbocycles. The van der Waals surface area contributed by atoms with Crippen LogP contribution < -0.4 is 5.73 Å². The fourth-order valence-corrected chi connectivity index (χ4v) is 2.19. The summed E-state index contributed by atoms with van der Waals surface area (Å²) in [6.45, 7) is 5.47. The summed E-state index contributed by atoms with van der Waals surface area (Å²) in [5, 5.41) is 0. The van der Waals surface area contributed by atoms with Gasteiger partial charge in [0, 0.05) is 19.6 Å². The molecule has 1 aliphatic heterocycles. The van der Waals surface area contributed by atoms with E-state index in [0.29, 0.717) is 6.54 Å². The number of piperidine rings is 1. The smallest absolute Gasteiger partial charge is 0.0163 e. The summed E-state index contributed by atoms with van der Waals surface area (Å²) in [4.78, 5) is 4.81. The second-order valence-corrected chi connectivity index (χ2v) is 4.71. The molecule has 2 N–H and O–H groups in total. The molecule has 0 radical (unpaired) electrons. The molecule has 0 amide bonds. The van der Waals surface area contributed by atoms with Crippen LogP contribution in [0.25, 0.3) is 0 Å². The molecule has 0 spiro atoms. The van der Waals surface area contributed by atoms with Gasteiger partial charge < -0.3 is 10.6 Å². The molecule has 1 aliphatic rings. The van der Waals surface area contributed by atoms with Gasteiger partial charge in [-0.25, -0.2) is 0 Å². The Morgan fingerprint density at radius 1 is 1.27 bits per heavy atom. The molecular formula is C12H25N3. The lowest BCUT2D eigenvalue weighted by molar-refractivity contribution is 0.175. The van der Waals surface area contributed by atoms with E-state index in [-0.39, 0.29) is 0 Å². The van der Waals surface area contributed by atoms with Gasteiger partial charge in [-0.1, -0.05) is 12.2 Å². The van der Waals surface area contributed by atoms with Gasteiger partial charge in [0.2, 0.25) is 0 Å². The molecule has 1 saturated heterocycles. The Hall–Kier alpha value is -0.380. The first-order chi connectivity index (χ1) is 7.22. The number of nitrogens with zero attached hydrogens (tertiary/aromatic N) is 2. The largest absolute Gasteiger partial charge is 0.327 e. The maximum Gasteiger partial charge on any atom is 0.0163 e. The zero-order chi connectivity index (χ0) is 11.1. The standard InChI is InChI=1S/C12H25N3/c1-14(2)11-12-5-9-15(10-6-12)8-4-3-7-13/h3-4,12H,5-11,13H2,1-2H3. The SMILES string of the molecule is CN(C)CC1CCN(CC=CCN)CC1. The predicted molar refractivity (Wildman–Crippen MR) is 65.9 cm³/mol. The minimum absolute atomic E-state index is 0.664. The summed E-state index contributed by atoms with van der Waals surface area (Å²) in [5.74, 6) is 0.898. The number of hydrogen-bond acceptors (Lipinski definition) is 3. The van der Waals surface area contributed by atoms with Crippen LogP contribution in [0.4, 0.5) is 0 Å². The van der Waals surface area contributed by atoms with Crippen molar-refractivity contribution in [3.05, 3.63) is 12.2 Å². The Morgan fingerprint density at radius 3 is 2.47 bits per heavy atom. The number of nitrogens with two attached hydrogens (primary N) is 1. The van der Waals surface area contributed by atoms with Crippen LogP contribution in [0.2, 0.25) is 0 Å². The van der Waals surface area contributed by atoms with E-state index in [4.69, 9.17) is 5.73 Å². The third kappa shape index (κ3) is 5.30. The Kier molecular flexibility index (Phi) is 5.91. The molecule has 0 aromatic heterocycles. The molecule has 0 atom stereocenters. The molecule has 0 bridgehead atoms. The quantitative estimate of drug-likeness (QED) is 0.682. The molecule has 1 rings (SSSR count). The third-order valence-corrected chi connectivity index (χ3v) is 3.00. The summed E-state index contributed by atoms with van der Waals surface area (Å²) < 4.78 is 0. The molecule has 1 heterocycles. The minimum atomic E-state index is 0.664. The average Bonchev–Trinajstić information content (AvgIpc) is 2.20. The van der Waals surface area contributed by atoms with Gasteiger partial charge in [-0.05, 0) is 45.9 Å². The summed E-state index contributed by atoms with van der Waals surface area (Å²) in [6, 6.07) is 0. The van der Waals surface area contributed by atoms with Gasteiger partial charge in [-0.3, -0.25) is 4.90 Å². The van der Waals surface area contributed by atoms with Gasteiger partial charge in [0.1, 0.15) is 0 Å². The Morgan fingerprint density at radius 2 is 1.93 bits per heavy atom. The molecule has 0 saturated carbocycles. The Bertz CT molecular complexity index is 181. The van der Waals surface area contributed by atoms with Crippen molar-refractivity contribution in [2.24, 2.45) is 11.7 Å². The molecule has 3 nitrogen and oxygen atoms in total. The Labute approximate surface area is 93.9 Å². The maximum absolute atomic E-state index is 5.41. The first-order valence-corrected chi connectivity index (χ1v) is 5.94. The maximum atomic E-state index is 5.41. The van der Waals surface area contributed by atoms with E-state index in [0.717, 1.165) is 12.5 Å². The molecule has 88 valence electrons. The second-order valence-electron chi connectivity index (χ2n) is 4.71. The van der Waals surface area contributed by atoms with Crippen molar-refractivity contribution in [1.29, 1.82) is 0 Å². The van der Waals surface area contributed by atoms with E-state index in [1.165, 1.54) is 32.5 Å². The van der Waals surface area contributed by atoms with Crippen molar-refractivity contribution in [2.45, 2.75) is 12.8 Å². The molecular weight excluding hydrogens is 186 g/mol. The van der Waals surface area contributed by atoms with Crippen molar-refractivity contribution in [3.63, 3.8) is 0 Å². The normalized spacial score (nSPS) is 20.5. The summed E-state index contributed by atoms with van der Waals surface area (Å²) in [7, 11) is 4.33. The fourth-order valence-electron chi connectivity index (χ4n) is 2.19. The Balaban J connectivity index is 2.15. The van der Waals surface area contributed by atoms with Crippen LogP contribution in [-0.2, 0) is 0 Å². The fraction of sp³-hybridized carbons (Fsp3) is 0.833. The van der Waals surface area contributed by atoms with Crippen LogP contribution in [0, 0.1) is 5.92 Å². The van der Waals surface area contributed by atoms with E-state index in [9.17, 15) is 0 Å². The van der Waals surface area contributed by atoms with Gasteiger partial charge in [0.25, 0.3) is 0 Å². The lowest BCUT2D eigenvalue weighted by atomic mass is 9.96. The molecule has 0 aromatic rings. The first-order valence-electron chi connectivity index (χ1n) is 5.94. The van der Waals surface area contributed by atoms with Crippen LogP contribution in [0.1, 0.15) is 12.8 Å². The van der Waals surface area contributed by atoms with Crippen molar-refractivity contribution in [1.82, 2.24) is 9.80 Å². The van der Waals surface area contributed by atoms with Crippen LogP contribution in [-0.4, -0.2) is 56.6 Å². The third-order valence-electron chi connectivity index (χ3n) is 3.00. The lowest BCUT2D eigenvalue weighted by Crippen LogP contribution is -2.37. The summed E-state index contributed by atoms with van der Waals surface area (Å²) in [5.41, 5.74) is 5.41. The van der Waals surface area contributed by atoms with E-state index in [1.807, 2.05) is 6.08 Å². The highest BCUT2D eigenvalue weighted by Crippen LogP contribution is 2.17. The monoisotopic (exact) mass is 211 g/mol. The van der Waals surface area contributed by atoms with Crippen molar-refractivity contribution in [3.8, 4) is 0 Å². The van der Waals surface area contributed by atoms with Gasteiger partial charge in [-0.15, -0.1) is 0 Å². The van der Waals surface area contributed by atoms with E-state index in [2.05, 4.69) is 30.0 Å². The van der Waals surface area contributed by atoms with Crippen molar-refractivity contribution >= 4 is 0 Å². The van der Waals surface area contributed by atoms with E-state index < -0.39 is 0 Å². The van der Waals surface area contributed by atoms with Crippen LogP contribution >= 0.6 is 0 Å². The molecule has 0 unspecified atom stereocenters. The highest BCUT2D eigenvalue weighted by atomic mass is 15.1. The minimum Gasteiger partial charge on any atom is -0.327 e. The van der Waals surface area contributed by atoms with Crippen molar-refractivity contribution < 1.29 is 0 Å². The zero-order valence-electron chi connectivity index (χ0n) is 10.2. The van der Waals surface area contributed by atoms with Crippen molar-refractivity contribution in [2.75, 3.05) is 46.8 Å². The topological polar surface area (TPSA) is 32.5 Å².